The Bertz CT molecular complexity index is 535. The molecule has 2 nitrogen and oxygen atoms in total. The number of aromatic nitrogens is 1. The monoisotopic (exact) mass is 230 g/mol. The van der Waals surface area contributed by atoms with Crippen LogP contribution in [0.25, 0.3) is 10.9 Å². The van der Waals surface area contributed by atoms with Crippen molar-refractivity contribution in [2.24, 2.45) is 5.73 Å². The van der Waals surface area contributed by atoms with E-state index in [-0.39, 0.29) is 5.41 Å². The van der Waals surface area contributed by atoms with Crippen LogP contribution in [0, 0.1) is 13.8 Å². The van der Waals surface area contributed by atoms with Crippen LogP contribution >= 0.6 is 0 Å². The number of nitrogens with one attached hydrogen (secondary N) is 1. The number of nitrogens with two attached hydrogens (primary N) is 1. The SMILES string of the molecule is Cc1ccc2c(C(C)(C)CCN)c[nH]c2c1C. The Labute approximate surface area is 103 Å². The zero-order valence-electron chi connectivity index (χ0n) is 11.2. The molecule has 1 aromatic heterocycles. The van der Waals surface area contributed by atoms with Crippen LogP contribution in [0.15, 0.2) is 18.3 Å². The fourth-order valence-corrected chi connectivity index (χ4v) is 2.50. The molecule has 1 heterocycles. The Morgan fingerprint density at radius 3 is 2.59 bits per heavy atom. The van der Waals surface area contributed by atoms with Crippen LogP contribution in [0.4, 0.5) is 0 Å². The molecule has 0 radical (unpaired) electrons. The van der Waals surface area contributed by atoms with E-state index in [2.05, 4.69) is 51.0 Å². The number of aromatic amines is 1. The fourth-order valence-electron chi connectivity index (χ4n) is 2.50. The molecule has 92 valence electrons. The lowest BCUT2D eigenvalue weighted by atomic mass is 9.81. The van der Waals surface area contributed by atoms with Gasteiger partial charge in [-0.1, -0.05) is 26.0 Å². The lowest BCUT2D eigenvalue weighted by Gasteiger charge is -2.23. The highest BCUT2D eigenvalue weighted by molar-refractivity contribution is 5.87. The Hall–Kier alpha value is -1.28. The highest BCUT2D eigenvalue weighted by Crippen LogP contribution is 2.34. The van der Waals surface area contributed by atoms with Crippen LogP contribution in [-0.4, -0.2) is 11.5 Å². The van der Waals surface area contributed by atoms with Crippen molar-refractivity contribution >= 4 is 10.9 Å². The molecule has 17 heavy (non-hydrogen) atoms. The van der Waals surface area contributed by atoms with Gasteiger partial charge in [0.15, 0.2) is 0 Å². The predicted molar refractivity (Wildman–Crippen MR) is 74.5 cm³/mol. The average Bonchev–Trinajstić information content (AvgIpc) is 2.68. The maximum absolute atomic E-state index is 5.71. The zero-order chi connectivity index (χ0) is 12.6. The van der Waals surface area contributed by atoms with E-state index in [0.29, 0.717) is 0 Å². The molecule has 0 aliphatic rings. The molecule has 0 aliphatic heterocycles. The highest BCUT2D eigenvalue weighted by Gasteiger charge is 2.23. The van der Waals surface area contributed by atoms with E-state index in [1.165, 1.54) is 27.6 Å². The minimum Gasteiger partial charge on any atom is -0.361 e. The predicted octanol–water partition coefficient (Wildman–Crippen LogP) is 3.41. The van der Waals surface area contributed by atoms with Crippen LogP contribution in [-0.2, 0) is 5.41 Å². The van der Waals surface area contributed by atoms with Crippen molar-refractivity contribution in [1.29, 1.82) is 0 Å². The third kappa shape index (κ3) is 1.98. The van der Waals surface area contributed by atoms with Crippen LogP contribution in [0.1, 0.15) is 37.0 Å². The summed E-state index contributed by atoms with van der Waals surface area (Å²) < 4.78 is 0. The molecule has 2 heteroatoms. The largest absolute Gasteiger partial charge is 0.361 e. The number of hydrogen-bond donors (Lipinski definition) is 2. The molecule has 0 saturated carbocycles. The summed E-state index contributed by atoms with van der Waals surface area (Å²) in [5.41, 5.74) is 11.2. The minimum absolute atomic E-state index is 0.134. The van der Waals surface area contributed by atoms with Crippen molar-refractivity contribution in [1.82, 2.24) is 4.98 Å². The van der Waals surface area contributed by atoms with Gasteiger partial charge in [-0.05, 0) is 48.9 Å². The van der Waals surface area contributed by atoms with Crippen molar-refractivity contribution < 1.29 is 0 Å². The maximum Gasteiger partial charge on any atom is 0.0489 e. The van der Waals surface area contributed by atoms with Gasteiger partial charge in [-0.2, -0.15) is 0 Å². The van der Waals surface area contributed by atoms with Crippen molar-refractivity contribution in [3.63, 3.8) is 0 Å². The van der Waals surface area contributed by atoms with Crippen LogP contribution < -0.4 is 5.73 Å². The first-order valence-electron chi connectivity index (χ1n) is 6.25. The first-order valence-corrected chi connectivity index (χ1v) is 6.25. The summed E-state index contributed by atoms with van der Waals surface area (Å²) >= 11 is 0. The summed E-state index contributed by atoms with van der Waals surface area (Å²) in [5.74, 6) is 0. The van der Waals surface area contributed by atoms with Gasteiger partial charge in [0.1, 0.15) is 0 Å². The molecule has 0 amide bonds. The third-order valence-corrected chi connectivity index (χ3v) is 3.89. The highest BCUT2D eigenvalue weighted by atomic mass is 14.7. The molecular formula is C15H22N2. The van der Waals surface area contributed by atoms with E-state index in [0.717, 1.165) is 13.0 Å². The smallest absolute Gasteiger partial charge is 0.0489 e. The van der Waals surface area contributed by atoms with Gasteiger partial charge in [-0.3, -0.25) is 0 Å². The number of rotatable bonds is 3. The van der Waals surface area contributed by atoms with Gasteiger partial charge < -0.3 is 10.7 Å². The Morgan fingerprint density at radius 1 is 1.24 bits per heavy atom. The second kappa shape index (κ2) is 4.19. The summed E-state index contributed by atoms with van der Waals surface area (Å²) in [6, 6.07) is 4.43. The number of H-pyrrole nitrogens is 1. The standard InChI is InChI=1S/C15H22N2/c1-10-5-6-12-13(15(3,4)7-8-16)9-17-14(12)11(10)2/h5-6,9,17H,7-8,16H2,1-4H3. The molecule has 0 aliphatic carbocycles. The first kappa shape index (κ1) is 12.2. The summed E-state index contributed by atoms with van der Waals surface area (Å²) in [6.45, 7) is 9.58. The normalized spacial score (nSPS) is 12.3. The van der Waals surface area contributed by atoms with E-state index in [4.69, 9.17) is 5.73 Å². The molecular weight excluding hydrogens is 208 g/mol. The maximum atomic E-state index is 5.71. The van der Waals surface area contributed by atoms with E-state index < -0.39 is 0 Å². The zero-order valence-corrected chi connectivity index (χ0v) is 11.2. The summed E-state index contributed by atoms with van der Waals surface area (Å²) in [5, 5.41) is 1.34. The topological polar surface area (TPSA) is 41.8 Å². The Kier molecular flexibility index (Phi) is 3.00. The quantitative estimate of drug-likeness (QED) is 0.833. The van der Waals surface area contributed by atoms with Crippen molar-refractivity contribution in [2.75, 3.05) is 6.54 Å². The fraction of sp³-hybridized carbons (Fsp3) is 0.467. The Balaban J connectivity index is 2.61. The van der Waals surface area contributed by atoms with Gasteiger partial charge >= 0.3 is 0 Å². The average molecular weight is 230 g/mol. The van der Waals surface area contributed by atoms with Crippen LogP contribution in [0.5, 0.6) is 0 Å². The van der Waals surface area contributed by atoms with Gasteiger partial charge in [-0.15, -0.1) is 0 Å². The van der Waals surface area contributed by atoms with E-state index in [1.807, 2.05) is 0 Å². The molecule has 0 spiro atoms. The molecule has 0 atom stereocenters. The number of fused-ring (bicyclic) bond motifs is 1. The second-order valence-corrected chi connectivity index (χ2v) is 5.55. The molecule has 0 fully saturated rings. The first-order chi connectivity index (χ1) is 7.97. The van der Waals surface area contributed by atoms with Crippen molar-refractivity contribution in [2.45, 2.75) is 39.5 Å². The van der Waals surface area contributed by atoms with Crippen LogP contribution in [0.2, 0.25) is 0 Å². The Morgan fingerprint density at radius 2 is 1.94 bits per heavy atom. The lowest BCUT2D eigenvalue weighted by Crippen LogP contribution is -2.21. The second-order valence-electron chi connectivity index (χ2n) is 5.55. The van der Waals surface area contributed by atoms with E-state index in [9.17, 15) is 0 Å². The van der Waals surface area contributed by atoms with Crippen LogP contribution in [0.3, 0.4) is 0 Å². The van der Waals surface area contributed by atoms with Gasteiger partial charge in [0.25, 0.3) is 0 Å². The lowest BCUT2D eigenvalue weighted by molar-refractivity contribution is 0.491. The van der Waals surface area contributed by atoms with Crippen molar-refractivity contribution in [3.8, 4) is 0 Å². The molecule has 0 bridgehead atoms. The minimum atomic E-state index is 0.134. The van der Waals surface area contributed by atoms with E-state index >= 15 is 0 Å². The molecule has 2 aromatic rings. The molecule has 1 aromatic carbocycles. The number of aryl methyl sites for hydroxylation is 2. The van der Waals surface area contributed by atoms with Crippen molar-refractivity contribution in [3.05, 3.63) is 35.0 Å². The van der Waals surface area contributed by atoms with Gasteiger partial charge in [0, 0.05) is 17.1 Å². The van der Waals surface area contributed by atoms with Gasteiger partial charge in [0.05, 0.1) is 0 Å². The molecule has 0 saturated heterocycles. The number of benzene rings is 1. The number of hydrogen-bond acceptors (Lipinski definition) is 1. The van der Waals surface area contributed by atoms with E-state index in [1.54, 1.807) is 0 Å². The molecule has 2 rings (SSSR count). The third-order valence-electron chi connectivity index (χ3n) is 3.89. The summed E-state index contributed by atoms with van der Waals surface area (Å²) in [7, 11) is 0. The summed E-state index contributed by atoms with van der Waals surface area (Å²) in [6.07, 6.45) is 3.15. The molecule has 0 unspecified atom stereocenters. The summed E-state index contributed by atoms with van der Waals surface area (Å²) in [4.78, 5) is 3.42. The van der Waals surface area contributed by atoms with Gasteiger partial charge in [0.2, 0.25) is 0 Å². The molecule has 3 N–H and O–H groups in total. The van der Waals surface area contributed by atoms with Gasteiger partial charge in [-0.25, -0.2) is 0 Å².